The maximum Gasteiger partial charge on any atom is 0.262 e. The molecule has 0 unspecified atom stereocenters. The molecular formula is C13H11BrCl2N2O2S. The van der Waals surface area contributed by atoms with Gasteiger partial charge in [0.1, 0.15) is 0 Å². The van der Waals surface area contributed by atoms with Crippen molar-refractivity contribution in [3.8, 4) is 0 Å². The molecule has 0 bridgehead atoms. The van der Waals surface area contributed by atoms with E-state index in [0.29, 0.717) is 16.9 Å². The third-order valence-electron chi connectivity index (χ3n) is 2.77. The summed E-state index contributed by atoms with van der Waals surface area (Å²) in [5.74, 6) is 0. The van der Waals surface area contributed by atoms with Crippen LogP contribution in [-0.4, -0.2) is 8.42 Å². The number of nitrogens with one attached hydrogen (secondary N) is 1. The fourth-order valence-electron chi connectivity index (χ4n) is 1.75. The number of aryl methyl sites for hydroxylation is 1. The van der Waals surface area contributed by atoms with Gasteiger partial charge >= 0.3 is 0 Å². The van der Waals surface area contributed by atoms with Gasteiger partial charge in [-0.1, -0.05) is 39.1 Å². The minimum Gasteiger partial charge on any atom is -0.397 e. The molecule has 0 saturated carbocycles. The molecule has 0 saturated heterocycles. The molecule has 2 rings (SSSR count). The van der Waals surface area contributed by atoms with Gasteiger partial charge in [-0.2, -0.15) is 0 Å². The highest BCUT2D eigenvalue weighted by Crippen LogP contribution is 2.31. The third-order valence-corrected chi connectivity index (χ3v) is 5.31. The van der Waals surface area contributed by atoms with Gasteiger partial charge in [0.25, 0.3) is 10.0 Å². The number of anilines is 2. The highest BCUT2D eigenvalue weighted by atomic mass is 79.9. The van der Waals surface area contributed by atoms with E-state index >= 15 is 0 Å². The van der Waals surface area contributed by atoms with Gasteiger partial charge in [-0.05, 0) is 42.8 Å². The molecule has 0 radical (unpaired) electrons. The highest BCUT2D eigenvalue weighted by Gasteiger charge is 2.18. The molecule has 2 aromatic rings. The molecule has 0 spiro atoms. The number of benzene rings is 2. The van der Waals surface area contributed by atoms with E-state index in [-0.39, 0.29) is 14.9 Å². The molecular weight excluding hydrogens is 399 g/mol. The van der Waals surface area contributed by atoms with Crippen molar-refractivity contribution >= 4 is 60.5 Å². The first-order valence-corrected chi connectivity index (χ1v) is 8.77. The summed E-state index contributed by atoms with van der Waals surface area (Å²) in [6, 6.07) is 7.48. The van der Waals surface area contributed by atoms with Crippen molar-refractivity contribution in [3.63, 3.8) is 0 Å². The second-order valence-corrected chi connectivity index (χ2v) is 7.78. The molecule has 0 aliphatic heterocycles. The first-order chi connectivity index (χ1) is 9.70. The zero-order chi connectivity index (χ0) is 15.8. The van der Waals surface area contributed by atoms with E-state index in [0.717, 1.165) is 4.47 Å². The van der Waals surface area contributed by atoms with Gasteiger partial charge in [0.05, 0.1) is 26.3 Å². The second kappa shape index (κ2) is 6.04. The van der Waals surface area contributed by atoms with Gasteiger partial charge in [0.15, 0.2) is 0 Å². The number of rotatable bonds is 3. The van der Waals surface area contributed by atoms with Crippen LogP contribution in [0.3, 0.4) is 0 Å². The fourth-order valence-corrected chi connectivity index (χ4v) is 3.88. The van der Waals surface area contributed by atoms with Crippen LogP contribution in [0.4, 0.5) is 11.4 Å². The lowest BCUT2D eigenvalue weighted by Crippen LogP contribution is -2.15. The largest absolute Gasteiger partial charge is 0.397 e. The molecule has 0 aliphatic rings. The number of sulfonamides is 1. The van der Waals surface area contributed by atoms with Crippen LogP contribution in [0.15, 0.2) is 39.7 Å². The maximum absolute atomic E-state index is 12.4. The van der Waals surface area contributed by atoms with E-state index in [1.54, 1.807) is 19.1 Å². The summed E-state index contributed by atoms with van der Waals surface area (Å²) in [6.07, 6.45) is 0. The normalized spacial score (nSPS) is 11.4. The molecule has 0 amide bonds. The molecule has 0 aromatic heterocycles. The van der Waals surface area contributed by atoms with Gasteiger partial charge < -0.3 is 5.73 Å². The zero-order valence-corrected chi connectivity index (χ0v) is 14.7. The number of nitrogens with two attached hydrogens (primary N) is 1. The van der Waals surface area contributed by atoms with E-state index in [1.165, 1.54) is 18.2 Å². The Bertz CT molecular complexity index is 787. The van der Waals surface area contributed by atoms with Crippen LogP contribution >= 0.6 is 39.1 Å². The Morgan fingerprint density at radius 3 is 2.38 bits per heavy atom. The van der Waals surface area contributed by atoms with Crippen LogP contribution < -0.4 is 10.5 Å². The van der Waals surface area contributed by atoms with E-state index in [1.807, 2.05) is 0 Å². The first-order valence-electron chi connectivity index (χ1n) is 5.74. The SMILES string of the molecule is Cc1cc(Br)cc(N)c1NS(=O)(=O)c1ccc(Cl)c(Cl)c1. The van der Waals surface area contributed by atoms with Crippen molar-refractivity contribution in [3.05, 3.63) is 50.4 Å². The van der Waals surface area contributed by atoms with E-state index in [9.17, 15) is 8.42 Å². The molecule has 3 N–H and O–H groups in total. The molecule has 112 valence electrons. The predicted molar refractivity (Wildman–Crippen MR) is 90.6 cm³/mol. The molecule has 4 nitrogen and oxygen atoms in total. The smallest absolute Gasteiger partial charge is 0.262 e. The van der Waals surface area contributed by atoms with Crippen molar-refractivity contribution < 1.29 is 8.42 Å². The molecule has 2 aromatic carbocycles. The number of hydrogen-bond acceptors (Lipinski definition) is 3. The summed E-state index contributed by atoms with van der Waals surface area (Å²) < 4.78 is 28.0. The molecule has 0 atom stereocenters. The Labute approximate surface area is 141 Å². The van der Waals surface area contributed by atoms with Crippen LogP contribution in [-0.2, 0) is 10.0 Å². The van der Waals surface area contributed by atoms with Gasteiger partial charge in [-0.25, -0.2) is 8.42 Å². The van der Waals surface area contributed by atoms with Crippen molar-refractivity contribution in [2.24, 2.45) is 0 Å². The third kappa shape index (κ3) is 3.63. The van der Waals surface area contributed by atoms with Crippen LogP contribution in [0.25, 0.3) is 0 Å². The lowest BCUT2D eigenvalue weighted by molar-refractivity contribution is 0.601. The van der Waals surface area contributed by atoms with E-state index in [2.05, 4.69) is 20.7 Å². The average Bonchev–Trinajstić information content (AvgIpc) is 2.37. The lowest BCUT2D eigenvalue weighted by Gasteiger charge is -2.14. The van der Waals surface area contributed by atoms with Crippen LogP contribution in [0.5, 0.6) is 0 Å². The van der Waals surface area contributed by atoms with E-state index in [4.69, 9.17) is 28.9 Å². The highest BCUT2D eigenvalue weighted by molar-refractivity contribution is 9.10. The lowest BCUT2D eigenvalue weighted by atomic mass is 10.2. The zero-order valence-electron chi connectivity index (χ0n) is 10.8. The Morgan fingerprint density at radius 1 is 1.14 bits per heavy atom. The topological polar surface area (TPSA) is 72.2 Å². The van der Waals surface area contributed by atoms with Crippen LogP contribution in [0, 0.1) is 6.92 Å². The number of hydrogen-bond donors (Lipinski definition) is 2. The number of halogens is 3. The van der Waals surface area contributed by atoms with Crippen molar-refractivity contribution in [2.75, 3.05) is 10.5 Å². The quantitative estimate of drug-likeness (QED) is 0.735. The van der Waals surface area contributed by atoms with Crippen molar-refractivity contribution in [2.45, 2.75) is 11.8 Å². The van der Waals surface area contributed by atoms with Gasteiger partial charge in [0, 0.05) is 4.47 Å². The standard InChI is InChI=1S/C13H11BrCl2N2O2S/c1-7-4-8(14)5-12(17)13(7)18-21(19,20)9-2-3-10(15)11(16)6-9/h2-6,18H,17H2,1H3. The predicted octanol–water partition coefficient (Wildman–Crippen LogP) is 4.45. The van der Waals surface area contributed by atoms with Crippen molar-refractivity contribution in [1.82, 2.24) is 0 Å². The first kappa shape index (κ1) is 16.4. The monoisotopic (exact) mass is 408 g/mol. The summed E-state index contributed by atoms with van der Waals surface area (Å²) in [5, 5.41) is 0.454. The minimum absolute atomic E-state index is 0.0126. The van der Waals surface area contributed by atoms with Gasteiger partial charge in [-0.3, -0.25) is 4.72 Å². The molecule has 21 heavy (non-hydrogen) atoms. The van der Waals surface area contributed by atoms with Gasteiger partial charge in [-0.15, -0.1) is 0 Å². The Balaban J connectivity index is 2.44. The average molecular weight is 410 g/mol. The van der Waals surface area contributed by atoms with Crippen molar-refractivity contribution in [1.29, 1.82) is 0 Å². The van der Waals surface area contributed by atoms with E-state index < -0.39 is 10.0 Å². The Kier molecular flexibility index (Phi) is 4.72. The summed E-state index contributed by atoms with van der Waals surface area (Å²) in [7, 11) is -3.80. The molecule has 0 heterocycles. The summed E-state index contributed by atoms with van der Waals surface area (Å²) >= 11 is 14.9. The maximum atomic E-state index is 12.4. The second-order valence-electron chi connectivity index (χ2n) is 4.37. The van der Waals surface area contributed by atoms with Gasteiger partial charge in [0.2, 0.25) is 0 Å². The minimum atomic E-state index is -3.80. The fraction of sp³-hybridized carbons (Fsp3) is 0.0769. The molecule has 0 aliphatic carbocycles. The molecule has 8 heteroatoms. The summed E-state index contributed by atoms with van der Waals surface area (Å²) in [5.41, 5.74) is 7.22. The Hall–Kier alpha value is -0.950. The number of nitrogen functional groups attached to an aromatic ring is 1. The Morgan fingerprint density at radius 2 is 1.81 bits per heavy atom. The van der Waals surface area contributed by atoms with Crippen LogP contribution in [0.1, 0.15) is 5.56 Å². The van der Waals surface area contributed by atoms with Crippen LogP contribution in [0.2, 0.25) is 10.0 Å². The molecule has 0 fully saturated rings. The summed E-state index contributed by atoms with van der Waals surface area (Å²) in [4.78, 5) is 0.0126. The summed E-state index contributed by atoms with van der Waals surface area (Å²) in [6.45, 7) is 1.76.